The van der Waals surface area contributed by atoms with Gasteiger partial charge in [-0.3, -0.25) is 9.59 Å². The second-order valence-electron chi connectivity index (χ2n) is 5.63. The maximum absolute atomic E-state index is 13.5. The van der Waals surface area contributed by atoms with Gasteiger partial charge in [-0.2, -0.15) is 0 Å². The Bertz CT molecular complexity index is 1010. The molecule has 0 saturated heterocycles. The van der Waals surface area contributed by atoms with Gasteiger partial charge < -0.3 is 10.6 Å². The number of halogens is 3. The van der Waals surface area contributed by atoms with E-state index in [2.05, 4.69) is 20.8 Å². The summed E-state index contributed by atoms with van der Waals surface area (Å²) in [6.07, 6.45) is 0.168. The average molecular weight is 406 g/mol. The largest absolute Gasteiger partial charge is 0.324 e. The fraction of sp³-hybridized carbons (Fsp3) is 0.111. The number of aryl methyl sites for hydroxylation is 1. The van der Waals surface area contributed by atoms with Crippen LogP contribution in [0.4, 0.5) is 24.5 Å². The zero-order chi connectivity index (χ0) is 20.1. The Hall–Kier alpha value is -3.27. The van der Waals surface area contributed by atoms with Crippen molar-refractivity contribution in [3.05, 3.63) is 69.9 Å². The first-order valence-electron chi connectivity index (χ1n) is 8.05. The highest BCUT2D eigenvalue weighted by molar-refractivity contribution is 7.13. The van der Waals surface area contributed by atoms with Crippen LogP contribution in [-0.2, 0) is 11.2 Å². The topological polar surface area (TPSA) is 84.0 Å². The van der Waals surface area contributed by atoms with E-state index in [1.165, 1.54) is 24.3 Å². The summed E-state index contributed by atoms with van der Waals surface area (Å²) in [5.74, 6) is -3.03. The van der Waals surface area contributed by atoms with E-state index in [1.54, 1.807) is 0 Å². The molecule has 0 spiro atoms. The molecule has 28 heavy (non-hydrogen) atoms. The second-order valence-corrected chi connectivity index (χ2v) is 6.70. The van der Waals surface area contributed by atoms with Crippen molar-refractivity contribution in [1.29, 1.82) is 0 Å². The number of hydrogen-bond donors (Lipinski definition) is 2. The van der Waals surface area contributed by atoms with Crippen molar-refractivity contribution in [2.75, 3.05) is 10.6 Å². The van der Waals surface area contributed by atoms with Crippen molar-refractivity contribution in [1.82, 2.24) is 10.2 Å². The number of nitrogens with one attached hydrogen (secondary N) is 2. The molecule has 0 atom stereocenters. The molecule has 1 heterocycles. The molecule has 2 amide bonds. The molecular weight excluding hydrogens is 393 g/mol. The predicted octanol–water partition coefficient (Wildman–Crippen LogP) is 3.78. The second kappa shape index (κ2) is 8.61. The van der Waals surface area contributed by atoms with Gasteiger partial charge in [-0.25, -0.2) is 13.2 Å². The zero-order valence-electron chi connectivity index (χ0n) is 14.2. The number of hydrogen-bond acceptors (Lipinski definition) is 5. The van der Waals surface area contributed by atoms with E-state index in [9.17, 15) is 22.8 Å². The molecule has 3 rings (SSSR count). The summed E-state index contributed by atoms with van der Waals surface area (Å²) in [7, 11) is 0. The van der Waals surface area contributed by atoms with E-state index in [4.69, 9.17) is 0 Å². The molecule has 0 aliphatic rings. The van der Waals surface area contributed by atoms with Crippen molar-refractivity contribution in [3.8, 4) is 0 Å². The fourth-order valence-corrected chi connectivity index (χ4v) is 2.92. The standard InChI is InChI=1S/C18H13F3N4O2S/c19-10-1-4-12(5-2-10)22-17(27)18-25-24-16(28-18)8-7-15(26)23-14-6-3-11(20)9-13(14)21/h1-6,9H,7-8H2,(H,22,27)(H,23,26). The van der Waals surface area contributed by atoms with Crippen molar-refractivity contribution in [2.45, 2.75) is 12.8 Å². The number of carbonyl (C=O) groups excluding carboxylic acids is 2. The summed E-state index contributed by atoms with van der Waals surface area (Å²) in [5.41, 5.74) is 0.284. The molecule has 2 aromatic carbocycles. The number of amides is 2. The molecular formula is C18H13F3N4O2S. The van der Waals surface area contributed by atoms with Gasteiger partial charge in [0.15, 0.2) is 0 Å². The van der Waals surface area contributed by atoms with Crippen LogP contribution in [0.15, 0.2) is 42.5 Å². The highest BCUT2D eigenvalue weighted by atomic mass is 32.1. The summed E-state index contributed by atoms with van der Waals surface area (Å²) in [4.78, 5) is 24.0. The molecule has 0 aliphatic heterocycles. The number of carbonyl (C=O) groups is 2. The summed E-state index contributed by atoms with van der Waals surface area (Å²) >= 11 is 1.00. The van der Waals surface area contributed by atoms with E-state index >= 15 is 0 Å². The summed E-state index contributed by atoms with van der Waals surface area (Å²) < 4.78 is 39.3. The van der Waals surface area contributed by atoms with Crippen molar-refractivity contribution in [2.24, 2.45) is 0 Å². The number of anilines is 2. The minimum absolute atomic E-state index is 0.0228. The van der Waals surface area contributed by atoms with Gasteiger partial charge in [0.1, 0.15) is 22.5 Å². The average Bonchev–Trinajstić information content (AvgIpc) is 3.13. The summed E-state index contributed by atoms with van der Waals surface area (Å²) in [5, 5.41) is 13.0. The molecule has 0 radical (unpaired) electrons. The molecule has 0 fully saturated rings. The molecule has 0 bridgehead atoms. The first-order valence-corrected chi connectivity index (χ1v) is 8.86. The van der Waals surface area contributed by atoms with E-state index < -0.39 is 29.3 Å². The van der Waals surface area contributed by atoms with Crippen LogP contribution in [0.25, 0.3) is 0 Å². The minimum Gasteiger partial charge on any atom is -0.324 e. The maximum atomic E-state index is 13.5. The van der Waals surface area contributed by atoms with Gasteiger partial charge in [-0.1, -0.05) is 11.3 Å². The third-order valence-electron chi connectivity index (χ3n) is 3.53. The summed E-state index contributed by atoms with van der Waals surface area (Å²) in [6.45, 7) is 0. The Labute approximate surface area is 161 Å². The minimum atomic E-state index is -0.871. The fourth-order valence-electron chi connectivity index (χ4n) is 2.19. The number of rotatable bonds is 6. The van der Waals surface area contributed by atoms with Crippen LogP contribution in [-0.4, -0.2) is 22.0 Å². The zero-order valence-corrected chi connectivity index (χ0v) is 15.0. The maximum Gasteiger partial charge on any atom is 0.286 e. The molecule has 3 aromatic rings. The van der Waals surface area contributed by atoms with Crippen LogP contribution in [0, 0.1) is 17.5 Å². The highest BCUT2D eigenvalue weighted by Crippen LogP contribution is 2.17. The molecule has 1 aromatic heterocycles. The molecule has 144 valence electrons. The number of aromatic nitrogens is 2. The third-order valence-corrected chi connectivity index (χ3v) is 4.52. The number of benzene rings is 2. The summed E-state index contributed by atoms with van der Waals surface area (Å²) in [6, 6.07) is 8.09. The van der Waals surface area contributed by atoms with Gasteiger partial charge in [-0.15, -0.1) is 10.2 Å². The monoisotopic (exact) mass is 406 g/mol. The third kappa shape index (κ3) is 5.13. The Morgan fingerprint density at radius 1 is 0.929 bits per heavy atom. The van der Waals surface area contributed by atoms with Crippen LogP contribution >= 0.6 is 11.3 Å². The van der Waals surface area contributed by atoms with Gasteiger partial charge in [-0.05, 0) is 36.4 Å². The van der Waals surface area contributed by atoms with E-state index in [0.29, 0.717) is 16.8 Å². The normalized spacial score (nSPS) is 10.5. The quantitative estimate of drug-likeness (QED) is 0.653. The Morgan fingerprint density at radius 3 is 2.36 bits per heavy atom. The SMILES string of the molecule is O=C(CCc1nnc(C(=O)Nc2ccc(F)cc2)s1)Nc1ccc(F)cc1F. The lowest BCUT2D eigenvalue weighted by molar-refractivity contribution is -0.116. The first-order chi connectivity index (χ1) is 13.4. The molecule has 6 nitrogen and oxygen atoms in total. The first kappa shape index (κ1) is 19.5. The van der Waals surface area contributed by atoms with Gasteiger partial charge in [0.2, 0.25) is 10.9 Å². The van der Waals surface area contributed by atoms with E-state index in [0.717, 1.165) is 23.5 Å². The lowest BCUT2D eigenvalue weighted by atomic mass is 10.2. The van der Waals surface area contributed by atoms with Crippen molar-refractivity contribution in [3.63, 3.8) is 0 Å². The lowest BCUT2D eigenvalue weighted by Crippen LogP contribution is -2.13. The van der Waals surface area contributed by atoms with Crippen LogP contribution < -0.4 is 10.6 Å². The van der Waals surface area contributed by atoms with Crippen molar-refractivity contribution >= 4 is 34.5 Å². The molecule has 2 N–H and O–H groups in total. The van der Waals surface area contributed by atoms with Gasteiger partial charge >= 0.3 is 0 Å². The Balaban J connectivity index is 1.53. The van der Waals surface area contributed by atoms with Crippen LogP contribution in [0.1, 0.15) is 21.2 Å². The molecule has 10 heteroatoms. The highest BCUT2D eigenvalue weighted by Gasteiger charge is 2.15. The predicted molar refractivity (Wildman–Crippen MR) is 97.6 cm³/mol. The molecule has 0 unspecified atom stereocenters. The lowest BCUT2D eigenvalue weighted by Gasteiger charge is -2.05. The van der Waals surface area contributed by atoms with E-state index in [-0.39, 0.29) is 23.5 Å². The smallest absolute Gasteiger partial charge is 0.286 e. The Kier molecular flexibility index (Phi) is 5.99. The molecule has 0 saturated carbocycles. The van der Waals surface area contributed by atoms with Gasteiger partial charge in [0, 0.05) is 24.6 Å². The Morgan fingerprint density at radius 2 is 1.64 bits per heavy atom. The molecule has 0 aliphatic carbocycles. The van der Waals surface area contributed by atoms with Gasteiger partial charge in [0.25, 0.3) is 5.91 Å². The van der Waals surface area contributed by atoms with Crippen LogP contribution in [0.5, 0.6) is 0 Å². The van der Waals surface area contributed by atoms with Crippen LogP contribution in [0.3, 0.4) is 0 Å². The number of nitrogens with zero attached hydrogens (tertiary/aromatic N) is 2. The van der Waals surface area contributed by atoms with Crippen LogP contribution in [0.2, 0.25) is 0 Å². The van der Waals surface area contributed by atoms with Crippen molar-refractivity contribution < 1.29 is 22.8 Å². The van der Waals surface area contributed by atoms with Gasteiger partial charge in [0.05, 0.1) is 5.69 Å². The van der Waals surface area contributed by atoms with E-state index in [1.807, 2.05) is 0 Å².